The van der Waals surface area contributed by atoms with Crippen molar-refractivity contribution in [2.24, 2.45) is 0 Å². The lowest BCUT2D eigenvalue weighted by molar-refractivity contribution is -0.137. The van der Waals surface area contributed by atoms with Gasteiger partial charge in [0, 0.05) is 6.54 Å². The molecule has 0 fully saturated rings. The van der Waals surface area contributed by atoms with Gasteiger partial charge in [0.05, 0.1) is 18.9 Å². The first kappa shape index (κ1) is 15.1. The number of aryl methyl sites for hydroxylation is 1. The summed E-state index contributed by atoms with van der Waals surface area (Å²) in [5.74, 6) is -0.0598. The van der Waals surface area contributed by atoms with E-state index in [2.05, 4.69) is 9.72 Å². The molecule has 7 heteroatoms. The second kappa shape index (κ2) is 5.59. The lowest BCUT2D eigenvalue weighted by Crippen LogP contribution is -2.13. The van der Waals surface area contributed by atoms with Crippen LogP contribution in [0.25, 0.3) is 0 Å². The fourth-order valence-electron chi connectivity index (χ4n) is 1.96. The van der Waals surface area contributed by atoms with Gasteiger partial charge in [-0.05, 0) is 24.6 Å². The van der Waals surface area contributed by atoms with E-state index in [1.54, 1.807) is 13.0 Å². The molecule has 1 aromatic carbocycles. The van der Waals surface area contributed by atoms with Gasteiger partial charge >= 0.3 is 12.1 Å². The molecule has 0 N–H and O–H groups in total. The van der Waals surface area contributed by atoms with Gasteiger partial charge in [-0.1, -0.05) is 12.1 Å². The van der Waals surface area contributed by atoms with Crippen LogP contribution in [0.2, 0.25) is 0 Å². The zero-order valence-electron chi connectivity index (χ0n) is 11.4. The molecule has 4 nitrogen and oxygen atoms in total. The maximum Gasteiger partial charge on any atom is 0.416 e. The molecule has 1 aromatic heterocycles. The summed E-state index contributed by atoms with van der Waals surface area (Å²) in [4.78, 5) is 15.6. The maximum absolute atomic E-state index is 12.7. The first-order valence-corrected chi connectivity index (χ1v) is 6.09. The fraction of sp³-hybridized carbons (Fsp3) is 0.286. The Bertz CT molecular complexity index is 662. The number of alkyl halides is 3. The Balaban J connectivity index is 2.35. The summed E-state index contributed by atoms with van der Waals surface area (Å²) < 4.78 is 44.2. The molecule has 0 aliphatic heterocycles. The number of hydrogen-bond donors (Lipinski definition) is 0. The summed E-state index contributed by atoms with van der Waals surface area (Å²) in [7, 11) is 1.24. The van der Waals surface area contributed by atoms with E-state index in [-0.39, 0.29) is 12.2 Å². The molecule has 0 amide bonds. The maximum atomic E-state index is 12.7. The van der Waals surface area contributed by atoms with Crippen molar-refractivity contribution in [1.82, 2.24) is 9.55 Å². The number of methoxy groups -OCH3 is 1. The Kier molecular flexibility index (Phi) is 4.02. The third-order valence-corrected chi connectivity index (χ3v) is 3.04. The van der Waals surface area contributed by atoms with Gasteiger partial charge in [-0.25, -0.2) is 9.78 Å². The van der Waals surface area contributed by atoms with E-state index in [0.717, 1.165) is 12.1 Å². The fourth-order valence-corrected chi connectivity index (χ4v) is 1.96. The number of imidazole rings is 1. The Morgan fingerprint density at radius 1 is 1.38 bits per heavy atom. The van der Waals surface area contributed by atoms with Gasteiger partial charge in [0.15, 0.2) is 0 Å². The molecule has 2 rings (SSSR count). The number of nitrogens with zero attached hydrogens (tertiary/aromatic N) is 2. The number of hydrogen-bond acceptors (Lipinski definition) is 3. The SMILES string of the molecule is COC(=O)c1cnc(C)n1Cc1cccc(C(F)(F)F)c1. The zero-order valence-corrected chi connectivity index (χ0v) is 11.4. The van der Waals surface area contributed by atoms with Crippen LogP contribution in [0.15, 0.2) is 30.5 Å². The zero-order chi connectivity index (χ0) is 15.6. The second-order valence-corrected chi connectivity index (χ2v) is 4.47. The minimum absolute atomic E-state index is 0.111. The van der Waals surface area contributed by atoms with Gasteiger partial charge in [0.2, 0.25) is 0 Å². The molecule has 0 saturated heterocycles. The number of aromatic nitrogens is 2. The summed E-state index contributed by atoms with van der Waals surface area (Å²) in [6.07, 6.45) is -3.06. The average molecular weight is 298 g/mol. The highest BCUT2D eigenvalue weighted by molar-refractivity contribution is 5.87. The van der Waals surface area contributed by atoms with E-state index < -0.39 is 17.7 Å². The Labute approximate surface area is 119 Å². The highest BCUT2D eigenvalue weighted by atomic mass is 19.4. The molecule has 0 radical (unpaired) electrons. The first-order valence-electron chi connectivity index (χ1n) is 6.09. The van der Waals surface area contributed by atoms with Gasteiger partial charge in [-0.2, -0.15) is 13.2 Å². The third kappa shape index (κ3) is 3.24. The monoisotopic (exact) mass is 298 g/mol. The second-order valence-electron chi connectivity index (χ2n) is 4.47. The minimum atomic E-state index is -4.40. The third-order valence-electron chi connectivity index (χ3n) is 3.04. The van der Waals surface area contributed by atoms with Gasteiger partial charge in [-0.3, -0.25) is 0 Å². The number of ether oxygens (including phenoxy) is 1. The molecule has 0 aliphatic carbocycles. The van der Waals surface area contributed by atoms with E-state index >= 15 is 0 Å². The molecule has 1 heterocycles. The van der Waals surface area contributed by atoms with E-state index in [1.165, 1.54) is 23.9 Å². The molecule has 21 heavy (non-hydrogen) atoms. The van der Waals surface area contributed by atoms with Crippen molar-refractivity contribution in [3.05, 3.63) is 53.1 Å². The van der Waals surface area contributed by atoms with Crippen molar-refractivity contribution in [1.29, 1.82) is 0 Å². The van der Waals surface area contributed by atoms with Gasteiger partial charge in [0.25, 0.3) is 0 Å². The molecule has 0 atom stereocenters. The molecule has 0 unspecified atom stereocenters. The Morgan fingerprint density at radius 2 is 2.10 bits per heavy atom. The Hall–Kier alpha value is -2.31. The lowest BCUT2D eigenvalue weighted by Gasteiger charge is -2.11. The van der Waals surface area contributed by atoms with Crippen molar-refractivity contribution in [3.63, 3.8) is 0 Å². The van der Waals surface area contributed by atoms with Gasteiger partial charge in [0.1, 0.15) is 11.5 Å². The minimum Gasteiger partial charge on any atom is -0.464 e. The van der Waals surface area contributed by atoms with Crippen LogP contribution in [0, 0.1) is 6.92 Å². The average Bonchev–Trinajstić information content (AvgIpc) is 2.79. The predicted octanol–water partition coefficient (Wildman–Crippen LogP) is 3.05. The summed E-state index contributed by atoms with van der Waals surface area (Å²) >= 11 is 0. The first-order chi connectivity index (χ1) is 9.82. The van der Waals surface area contributed by atoms with Crippen molar-refractivity contribution in [2.45, 2.75) is 19.6 Å². The van der Waals surface area contributed by atoms with Crippen molar-refractivity contribution in [3.8, 4) is 0 Å². The molecular weight excluding hydrogens is 285 g/mol. The van der Waals surface area contributed by atoms with Gasteiger partial charge < -0.3 is 9.30 Å². The smallest absolute Gasteiger partial charge is 0.416 e. The molecule has 112 valence electrons. The molecular formula is C14H13F3N2O2. The number of esters is 1. The topological polar surface area (TPSA) is 44.1 Å². The normalized spacial score (nSPS) is 11.5. The lowest BCUT2D eigenvalue weighted by atomic mass is 10.1. The van der Waals surface area contributed by atoms with Crippen LogP contribution in [0.5, 0.6) is 0 Å². The highest BCUT2D eigenvalue weighted by Crippen LogP contribution is 2.29. The van der Waals surface area contributed by atoms with E-state index in [0.29, 0.717) is 11.4 Å². The van der Waals surface area contributed by atoms with Crippen LogP contribution >= 0.6 is 0 Å². The van der Waals surface area contributed by atoms with Crippen molar-refractivity contribution < 1.29 is 22.7 Å². The summed E-state index contributed by atoms with van der Waals surface area (Å²) in [6.45, 7) is 1.78. The van der Waals surface area contributed by atoms with Crippen LogP contribution < -0.4 is 0 Å². The molecule has 0 bridgehead atoms. The number of carbonyl (C=O) groups is 1. The molecule has 0 saturated carbocycles. The molecule has 0 aliphatic rings. The van der Waals surface area contributed by atoms with Crippen LogP contribution in [0.1, 0.15) is 27.4 Å². The largest absolute Gasteiger partial charge is 0.464 e. The number of carbonyl (C=O) groups excluding carboxylic acids is 1. The van der Waals surface area contributed by atoms with Crippen molar-refractivity contribution >= 4 is 5.97 Å². The highest BCUT2D eigenvalue weighted by Gasteiger charge is 2.30. The van der Waals surface area contributed by atoms with Crippen LogP contribution in [-0.4, -0.2) is 22.6 Å². The van der Waals surface area contributed by atoms with Gasteiger partial charge in [-0.15, -0.1) is 0 Å². The van der Waals surface area contributed by atoms with E-state index in [4.69, 9.17) is 0 Å². The summed E-state index contributed by atoms with van der Waals surface area (Å²) in [5, 5.41) is 0. The van der Waals surface area contributed by atoms with Crippen LogP contribution in [-0.2, 0) is 17.5 Å². The summed E-state index contributed by atoms with van der Waals surface area (Å²) in [5.41, 5.74) is -0.0964. The van der Waals surface area contributed by atoms with Crippen LogP contribution in [0.3, 0.4) is 0 Å². The van der Waals surface area contributed by atoms with E-state index in [1.807, 2.05) is 0 Å². The van der Waals surface area contributed by atoms with E-state index in [9.17, 15) is 18.0 Å². The molecule has 0 spiro atoms. The Morgan fingerprint density at radius 3 is 2.71 bits per heavy atom. The summed E-state index contributed by atoms with van der Waals surface area (Å²) in [6, 6.07) is 4.96. The standard InChI is InChI=1S/C14H13F3N2O2/c1-9-18-7-12(13(20)21-2)19(9)8-10-4-3-5-11(6-10)14(15,16)17/h3-7H,8H2,1-2H3. The number of halogens is 3. The quantitative estimate of drug-likeness (QED) is 0.818. The van der Waals surface area contributed by atoms with Crippen LogP contribution in [0.4, 0.5) is 13.2 Å². The number of rotatable bonds is 3. The molecule has 2 aromatic rings. The van der Waals surface area contributed by atoms with Crippen molar-refractivity contribution in [2.75, 3.05) is 7.11 Å². The number of benzene rings is 1. The predicted molar refractivity (Wildman–Crippen MR) is 68.8 cm³/mol.